The second-order valence-electron chi connectivity index (χ2n) is 4.39. The average molecular weight is 310 g/mol. The summed E-state index contributed by atoms with van der Waals surface area (Å²) in [5.41, 5.74) is 1.40. The highest BCUT2D eigenvalue weighted by molar-refractivity contribution is 6.40. The Labute approximate surface area is 127 Å². The van der Waals surface area contributed by atoms with E-state index in [-0.39, 0.29) is 10.9 Å². The molecular weight excluding hydrogens is 297 g/mol. The monoisotopic (exact) mass is 309 g/mol. The molecule has 0 saturated carbocycles. The molecule has 0 aliphatic heterocycles. The lowest BCUT2D eigenvalue weighted by molar-refractivity contribution is 0.104. The Morgan fingerprint density at radius 3 is 2.40 bits per heavy atom. The number of rotatable bonds is 4. The van der Waals surface area contributed by atoms with Crippen molar-refractivity contribution in [2.45, 2.75) is 0 Å². The number of aromatic nitrogens is 2. The second-order valence-corrected chi connectivity index (χ2v) is 5.10. The first kappa shape index (κ1) is 14.6. The molecule has 0 unspecified atom stereocenters. The molecule has 1 aromatic carbocycles. The van der Waals surface area contributed by atoms with E-state index in [4.69, 9.17) is 23.2 Å². The van der Waals surface area contributed by atoms with E-state index >= 15 is 0 Å². The summed E-state index contributed by atoms with van der Waals surface area (Å²) in [6, 6.07) is 7.06. The van der Waals surface area contributed by atoms with E-state index < -0.39 is 0 Å². The molecule has 104 valence electrons. The molecule has 4 nitrogen and oxygen atoms in total. The highest BCUT2D eigenvalue weighted by Crippen LogP contribution is 2.23. The molecule has 0 amide bonds. The van der Waals surface area contributed by atoms with E-state index in [0.29, 0.717) is 10.7 Å². The van der Waals surface area contributed by atoms with Crippen molar-refractivity contribution in [2.75, 3.05) is 14.1 Å². The fourth-order valence-corrected chi connectivity index (χ4v) is 1.92. The summed E-state index contributed by atoms with van der Waals surface area (Å²) in [5, 5.41) is 0.596. The van der Waals surface area contributed by atoms with Gasteiger partial charge >= 0.3 is 0 Å². The van der Waals surface area contributed by atoms with Gasteiger partial charge in [0, 0.05) is 37.6 Å². The summed E-state index contributed by atoms with van der Waals surface area (Å²) < 4.78 is 1.65. The number of ketones is 1. The van der Waals surface area contributed by atoms with Crippen molar-refractivity contribution < 1.29 is 4.79 Å². The van der Waals surface area contributed by atoms with Gasteiger partial charge in [-0.05, 0) is 24.3 Å². The Bertz CT molecular complexity index is 645. The van der Waals surface area contributed by atoms with Gasteiger partial charge in [-0.25, -0.2) is 4.98 Å². The van der Waals surface area contributed by atoms with Crippen LogP contribution in [0, 0.1) is 0 Å². The van der Waals surface area contributed by atoms with Crippen LogP contribution < -0.4 is 0 Å². The number of allylic oxidation sites excluding steroid dienone is 1. The summed E-state index contributed by atoms with van der Waals surface area (Å²) in [6.45, 7) is 0. The molecule has 0 bridgehead atoms. The number of imidazole rings is 1. The van der Waals surface area contributed by atoms with E-state index in [9.17, 15) is 4.79 Å². The van der Waals surface area contributed by atoms with Crippen molar-refractivity contribution in [2.24, 2.45) is 0 Å². The molecule has 2 rings (SSSR count). The molecule has 1 heterocycles. The zero-order valence-electron chi connectivity index (χ0n) is 11.0. The summed E-state index contributed by atoms with van der Waals surface area (Å²) >= 11 is 11.8. The number of nitrogens with zero attached hydrogens (tertiary/aromatic N) is 3. The quantitative estimate of drug-likeness (QED) is 0.641. The molecule has 2 aromatic rings. The Kier molecular flexibility index (Phi) is 4.47. The first-order chi connectivity index (χ1) is 9.49. The van der Waals surface area contributed by atoms with Gasteiger partial charge < -0.3 is 4.90 Å². The lowest BCUT2D eigenvalue weighted by Crippen LogP contribution is -2.03. The molecule has 0 fully saturated rings. The molecule has 0 atom stereocenters. The number of halogens is 2. The standard InChI is InChI=1S/C14H13Cl2N3O/c1-18(2)8-7-12(20)10-3-5-11(6-4-10)19-9-17-13(15)14(19)16/h3-9H,1-2H3. The minimum atomic E-state index is -0.0555. The third kappa shape index (κ3) is 3.21. The Balaban J connectivity index is 2.22. The normalized spacial score (nSPS) is 11.0. The van der Waals surface area contributed by atoms with Crippen LogP contribution in [0.3, 0.4) is 0 Å². The number of carbonyl (C=O) groups is 1. The number of hydrogen-bond donors (Lipinski definition) is 0. The van der Waals surface area contributed by atoms with Gasteiger partial charge in [-0.2, -0.15) is 0 Å². The van der Waals surface area contributed by atoms with Crippen LogP contribution in [-0.2, 0) is 0 Å². The lowest BCUT2D eigenvalue weighted by Gasteiger charge is -2.05. The van der Waals surface area contributed by atoms with Gasteiger partial charge in [0.2, 0.25) is 0 Å². The minimum absolute atomic E-state index is 0.0555. The van der Waals surface area contributed by atoms with Gasteiger partial charge in [0.1, 0.15) is 6.33 Å². The maximum atomic E-state index is 11.9. The van der Waals surface area contributed by atoms with Gasteiger partial charge in [-0.1, -0.05) is 23.2 Å². The van der Waals surface area contributed by atoms with Crippen LogP contribution in [-0.4, -0.2) is 34.3 Å². The third-order valence-electron chi connectivity index (χ3n) is 2.62. The molecule has 0 spiro atoms. The highest BCUT2D eigenvalue weighted by Gasteiger charge is 2.08. The predicted octanol–water partition coefficient (Wildman–Crippen LogP) is 3.44. The SMILES string of the molecule is CN(C)C=CC(=O)c1ccc(-n2cnc(Cl)c2Cl)cc1. The second kappa shape index (κ2) is 6.11. The lowest BCUT2D eigenvalue weighted by atomic mass is 10.1. The average Bonchev–Trinajstić information content (AvgIpc) is 2.76. The number of carbonyl (C=O) groups excluding carboxylic acids is 1. The van der Waals surface area contributed by atoms with Crippen molar-refractivity contribution in [1.29, 1.82) is 0 Å². The third-order valence-corrected chi connectivity index (χ3v) is 3.36. The van der Waals surface area contributed by atoms with Crippen LogP contribution in [0.25, 0.3) is 5.69 Å². The van der Waals surface area contributed by atoms with Gasteiger partial charge in [-0.3, -0.25) is 9.36 Å². The van der Waals surface area contributed by atoms with Crippen LogP contribution >= 0.6 is 23.2 Å². The van der Waals surface area contributed by atoms with E-state index in [2.05, 4.69) is 4.98 Å². The Hall–Kier alpha value is -1.78. The van der Waals surface area contributed by atoms with Crippen molar-refractivity contribution in [3.8, 4) is 5.69 Å². The maximum absolute atomic E-state index is 11.9. The van der Waals surface area contributed by atoms with Crippen molar-refractivity contribution in [3.63, 3.8) is 0 Å². The summed E-state index contributed by atoms with van der Waals surface area (Å²) in [5.74, 6) is -0.0555. The topological polar surface area (TPSA) is 38.1 Å². The molecule has 0 aliphatic rings. The van der Waals surface area contributed by atoms with E-state index in [1.807, 2.05) is 14.1 Å². The smallest absolute Gasteiger partial charge is 0.187 e. The van der Waals surface area contributed by atoms with Crippen LogP contribution in [0.5, 0.6) is 0 Å². The number of hydrogen-bond acceptors (Lipinski definition) is 3. The molecule has 0 saturated heterocycles. The Morgan fingerprint density at radius 1 is 1.25 bits per heavy atom. The van der Waals surface area contributed by atoms with Crippen LogP contribution in [0.4, 0.5) is 0 Å². The fraction of sp³-hybridized carbons (Fsp3) is 0.143. The first-order valence-electron chi connectivity index (χ1n) is 5.87. The maximum Gasteiger partial charge on any atom is 0.187 e. The molecule has 1 aromatic heterocycles. The molecule has 20 heavy (non-hydrogen) atoms. The largest absolute Gasteiger partial charge is 0.383 e. The first-order valence-corrected chi connectivity index (χ1v) is 6.62. The van der Waals surface area contributed by atoms with Crippen LogP contribution in [0.15, 0.2) is 42.9 Å². The predicted molar refractivity (Wildman–Crippen MR) is 80.7 cm³/mol. The highest BCUT2D eigenvalue weighted by atomic mass is 35.5. The summed E-state index contributed by atoms with van der Waals surface area (Å²) in [7, 11) is 3.72. The van der Waals surface area contributed by atoms with E-state index in [0.717, 1.165) is 5.69 Å². The van der Waals surface area contributed by atoms with Crippen LogP contribution in [0.2, 0.25) is 10.3 Å². The molecule has 0 N–H and O–H groups in total. The summed E-state index contributed by atoms with van der Waals surface area (Å²) in [4.78, 5) is 17.6. The van der Waals surface area contributed by atoms with Gasteiger partial charge in [-0.15, -0.1) is 0 Å². The van der Waals surface area contributed by atoms with Gasteiger partial charge in [0.05, 0.1) is 0 Å². The fourth-order valence-electron chi connectivity index (χ4n) is 1.59. The van der Waals surface area contributed by atoms with Crippen molar-refractivity contribution in [3.05, 3.63) is 58.7 Å². The minimum Gasteiger partial charge on any atom is -0.383 e. The zero-order valence-corrected chi connectivity index (χ0v) is 12.6. The van der Waals surface area contributed by atoms with Crippen LogP contribution in [0.1, 0.15) is 10.4 Å². The molecule has 0 radical (unpaired) electrons. The van der Waals surface area contributed by atoms with Gasteiger partial charge in [0.15, 0.2) is 16.1 Å². The molecule has 0 aliphatic carbocycles. The zero-order chi connectivity index (χ0) is 14.7. The molecule has 6 heteroatoms. The Morgan fingerprint density at radius 2 is 1.90 bits per heavy atom. The molecular formula is C14H13Cl2N3O. The van der Waals surface area contributed by atoms with E-state index in [1.165, 1.54) is 12.4 Å². The number of benzene rings is 1. The van der Waals surface area contributed by atoms with Crippen molar-refractivity contribution >= 4 is 29.0 Å². The van der Waals surface area contributed by atoms with E-state index in [1.54, 1.807) is 39.9 Å². The summed E-state index contributed by atoms with van der Waals surface area (Å²) in [6.07, 6.45) is 4.77. The van der Waals surface area contributed by atoms with Crippen molar-refractivity contribution in [1.82, 2.24) is 14.5 Å². The van der Waals surface area contributed by atoms with Gasteiger partial charge in [0.25, 0.3) is 0 Å².